The molecule has 0 aliphatic carbocycles. The van der Waals surface area contributed by atoms with Crippen molar-refractivity contribution >= 4 is 5.91 Å². The first-order valence-electron chi connectivity index (χ1n) is 27.2. The normalized spacial score (nSPS) is 20.1. The number of ether oxygens (including phenoxy) is 2. The van der Waals surface area contributed by atoms with Gasteiger partial charge in [0.15, 0.2) is 6.29 Å². The van der Waals surface area contributed by atoms with E-state index in [0.717, 1.165) is 38.5 Å². The van der Waals surface area contributed by atoms with E-state index in [9.17, 15) is 30.3 Å². The van der Waals surface area contributed by atoms with E-state index in [1.807, 2.05) is 0 Å². The molecule has 1 amide bonds. The predicted octanol–water partition coefficient (Wildman–Crippen LogP) is 12.7. The minimum Gasteiger partial charge on any atom is -0.394 e. The van der Waals surface area contributed by atoms with Crippen molar-refractivity contribution in [3.63, 3.8) is 0 Å². The third-order valence-corrected chi connectivity index (χ3v) is 13.5. The molecule has 1 aliphatic rings. The number of carbonyl (C=O) groups excluding carboxylic acids is 1. The summed E-state index contributed by atoms with van der Waals surface area (Å²) < 4.78 is 11.2. The summed E-state index contributed by atoms with van der Waals surface area (Å²) in [6.07, 6.45) is 44.8. The molecule has 0 radical (unpaired) electrons. The number of nitrogens with one attached hydrogen (secondary N) is 1. The molecule has 370 valence electrons. The van der Waals surface area contributed by atoms with Crippen molar-refractivity contribution in [3.8, 4) is 0 Å². The highest BCUT2D eigenvalue weighted by atomic mass is 16.7. The Labute approximate surface area is 383 Å². The van der Waals surface area contributed by atoms with Crippen LogP contribution in [0.3, 0.4) is 0 Å². The molecule has 1 rings (SSSR count). The second kappa shape index (κ2) is 44.0. The van der Waals surface area contributed by atoms with Gasteiger partial charge in [0.05, 0.1) is 25.4 Å². The Hall–Kier alpha value is -0.810. The fourth-order valence-corrected chi connectivity index (χ4v) is 9.11. The summed E-state index contributed by atoms with van der Waals surface area (Å²) in [5.74, 6) is -0.150. The summed E-state index contributed by atoms with van der Waals surface area (Å²) in [6, 6.07) is -0.710. The maximum atomic E-state index is 12.8. The highest BCUT2D eigenvalue weighted by Gasteiger charge is 2.44. The quantitative estimate of drug-likeness (QED) is 0.0331. The smallest absolute Gasteiger partial charge is 0.220 e. The average Bonchev–Trinajstić information content (AvgIpc) is 3.27. The van der Waals surface area contributed by atoms with Crippen molar-refractivity contribution in [1.82, 2.24) is 5.32 Å². The Morgan fingerprint density at radius 3 is 1.15 bits per heavy atom. The van der Waals surface area contributed by atoms with Crippen LogP contribution in [0.5, 0.6) is 0 Å². The number of carbonyl (C=O) groups is 1. The van der Waals surface area contributed by atoms with Crippen LogP contribution in [-0.2, 0) is 14.3 Å². The molecule has 62 heavy (non-hydrogen) atoms. The molecule has 1 aliphatic heterocycles. The van der Waals surface area contributed by atoms with Gasteiger partial charge in [-0.25, -0.2) is 0 Å². The molecular formula is C53H105NO8. The van der Waals surface area contributed by atoms with E-state index in [1.165, 1.54) is 212 Å². The van der Waals surface area contributed by atoms with Gasteiger partial charge in [-0.15, -0.1) is 0 Å². The minimum absolute atomic E-state index is 0.133. The van der Waals surface area contributed by atoms with Crippen molar-refractivity contribution in [2.75, 3.05) is 13.2 Å². The Kier molecular flexibility index (Phi) is 42.1. The van der Waals surface area contributed by atoms with Crippen LogP contribution in [-0.4, -0.2) is 87.5 Å². The number of amides is 1. The van der Waals surface area contributed by atoms with Gasteiger partial charge < -0.3 is 40.3 Å². The highest BCUT2D eigenvalue weighted by molar-refractivity contribution is 5.76. The predicted molar refractivity (Wildman–Crippen MR) is 258 cm³/mol. The fourth-order valence-electron chi connectivity index (χ4n) is 9.11. The van der Waals surface area contributed by atoms with Crippen LogP contribution in [0.4, 0.5) is 0 Å². The zero-order valence-corrected chi connectivity index (χ0v) is 40.9. The Morgan fingerprint density at radius 1 is 0.484 bits per heavy atom. The zero-order chi connectivity index (χ0) is 45.1. The maximum absolute atomic E-state index is 12.8. The molecule has 0 bridgehead atoms. The summed E-state index contributed by atoms with van der Waals surface area (Å²) in [4.78, 5) is 12.8. The number of unbranched alkanes of at least 4 members (excludes halogenated alkanes) is 37. The summed E-state index contributed by atoms with van der Waals surface area (Å²) in [7, 11) is 0. The van der Waals surface area contributed by atoms with E-state index in [2.05, 4.69) is 19.2 Å². The van der Waals surface area contributed by atoms with Crippen molar-refractivity contribution in [2.24, 2.45) is 0 Å². The van der Waals surface area contributed by atoms with Gasteiger partial charge in [-0.05, 0) is 12.8 Å². The van der Waals surface area contributed by atoms with E-state index < -0.39 is 49.5 Å². The van der Waals surface area contributed by atoms with Crippen LogP contribution < -0.4 is 5.32 Å². The minimum atomic E-state index is -1.55. The van der Waals surface area contributed by atoms with E-state index in [-0.39, 0.29) is 12.5 Å². The molecule has 0 spiro atoms. The van der Waals surface area contributed by atoms with Crippen molar-refractivity contribution < 1.29 is 39.8 Å². The van der Waals surface area contributed by atoms with Crippen LogP contribution >= 0.6 is 0 Å². The third-order valence-electron chi connectivity index (χ3n) is 13.5. The molecule has 1 fully saturated rings. The number of aliphatic hydroxyl groups is 5. The SMILES string of the molecule is CCCCCCCCCCCCCCCCCCCCCCCCCCCCCCCCCCCC(O)C(COC1OC(CO)C(O)C(O)C1O)NC(=O)CCCCCCCC. The maximum Gasteiger partial charge on any atom is 0.220 e. The molecule has 7 atom stereocenters. The van der Waals surface area contributed by atoms with Crippen LogP contribution in [0.15, 0.2) is 0 Å². The topological polar surface area (TPSA) is 149 Å². The monoisotopic (exact) mass is 884 g/mol. The summed E-state index contributed by atoms with van der Waals surface area (Å²) >= 11 is 0. The zero-order valence-electron chi connectivity index (χ0n) is 40.9. The van der Waals surface area contributed by atoms with Gasteiger partial charge in [0.2, 0.25) is 5.91 Å². The number of hydrogen-bond acceptors (Lipinski definition) is 8. The summed E-state index contributed by atoms with van der Waals surface area (Å²) in [5, 5.41) is 54.2. The molecule has 0 aromatic carbocycles. The molecule has 1 heterocycles. The van der Waals surface area contributed by atoms with E-state index >= 15 is 0 Å². The highest BCUT2D eigenvalue weighted by Crippen LogP contribution is 2.23. The molecule has 6 N–H and O–H groups in total. The van der Waals surface area contributed by atoms with Gasteiger partial charge in [0.1, 0.15) is 24.4 Å². The number of aliphatic hydroxyl groups excluding tert-OH is 5. The Balaban J connectivity index is 2.00. The van der Waals surface area contributed by atoms with Crippen LogP contribution in [0.2, 0.25) is 0 Å². The Bertz CT molecular complexity index is 939. The lowest BCUT2D eigenvalue weighted by Crippen LogP contribution is -2.60. The lowest BCUT2D eigenvalue weighted by molar-refractivity contribution is -0.302. The van der Waals surface area contributed by atoms with Crippen molar-refractivity contribution in [2.45, 2.75) is 320 Å². The second-order valence-corrected chi connectivity index (χ2v) is 19.4. The van der Waals surface area contributed by atoms with Gasteiger partial charge in [-0.2, -0.15) is 0 Å². The summed E-state index contributed by atoms with van der Waals surface area (Å²) in [5.41, 5.74) is 0. The van der Waals surface area contributed by atoms with Crippen molar-refractivity contribution in [1.29, 1.82) is 0 Å². The second-order valence-electron chi connectivity index (χ2n) is 19.4. The standard InChI is InChI=1S/C53H105NO8/c1-3-5-7-9-11-12-13-14-15-16-17-18-19-20-21-22-23-24-25-26-27-28-29-30-31-32-33-34-35-36-37-38-40-42-47(56)46(54-49(57)43-41-39-10-8-6-4-2)45-61-53-52(60)51(59)50(58)48(44-55)62-53/h46-48,50-53,55-56,58-60H,3-45H2,1-2H3,(H,54,57). The lowest BCUT2D eigenvalue weighted by atomic mass is 9.99. The first kappa shape index (κ1) is 59.2. The van der Waals surface area contributed by atoms with E-state index in [4.69, 9.17) is 9.47 Å². The van der Waals surface area contributed by atoms with E-state index in [0.29, 0.717) is 12.8 Å². The molecule has 7 unspecified atom stereocenters. The first-order chi connectivity index (χ1) is 30.3. The molecule has 0 aromatic heterocycles. The molecule has 9 heteroatoms. The number of hydrogen-bond donors (Lipinski definition) is 6. The van der Waals surface area contributed by atoms with Gasteiger partial charge in [0, 0.05) is 6.42 Å². The summed E-state index contributed by atoms with van der Waals surface area (Å²) in [6.45, 7) is 3.79. The van der Waals surface area contributed by atoms with Crippen LogP contribution in [0.1, 0.15) is 277 Å². The van der Waals surface area contributed by atoms with Gasteiger partial charge in [0.25, 0.3) is 0 Å². The van der Waals surface area contributed by atoms with E-state index in [1.54, 1.807) is 0 Å². The van der Waals surface area contributed by atoms with Gasteiger partial charge in [-0.1, -0.05) is 258 Å². The molecule has 0 aromatic rings. The first-order valence-corrected chi connectivity index (χ1v) is 27.2. The average molecular weight is 884 g/mol. The molecule has 9 nitrogen and oxygen atoms in total. The van der Waals surface area contributed by atoms with Gasteiger partial charge >= 0.3 is 0 Å². The molecule has 1 saturated heterocycles. The molecule has 0 saturated carbocycles. The Morgan fingerprint density at radius 2 is 0.806 bits per heavy atom. The molecular weight excluding hydrogens is 779 g/mol. The van der Waals surface area contributed by atoms with Crippen LogP contribution in [0, 0.1) is 0 Å². The third kappa shape index (κ3) is 33.6. The van der Waals surface area contributed by atoms with Gasteiger partial charge in [-0.3, -0.25) is 4.79 Å². The lowest BCUT2D eigenvalue weighted by Gasteiger charge is -2.40. The largest absolute Gasteiger partial charge is 0.394 e. The van der Waals surface area contributed by atoms with Crippen molar-refractivity contribution in [3.05, 3.63) is 0 Å². The fraction of sp³-hybridized carbons (Fsp3) is 0.981. The van der Waals surface area contributed by atoms with Crippen LogP contribution in [0.25, 0.3) is 0 Å². The number of rotatable bonds is 47.